The molecule has 1 aromatic rings. The first-order chi connectivity index (χ1) is 9.69. The highest BCUT2D eigenvalue weighted by molar-refractivity contribution is 7.90. The fraction of sp³-hybridized carbons (Fsp3) is 0.417. The van der Waals surface area contributed by atoms with Gasteiger partial charge in [0, 0.05) is 6.54 Å². The molecular formula is C12H13F3N2O3S. The number of carbonyl (C=O) groups is 1. The first-order valence-electron chi connectivity index (χ1n) is 6.09. The van der Waals surface area contributed by atoms with E-state index < -0.39 is 40.5 Å². The van der Waals surface area contributed by atoms with Crippen LogP contribution in [0.2, 0.25) is 0 Å². The minimum atomic E-state index is -4.83. The van der Waals surface area contributed by atoms with Crippen molar-refractivity contribution in [3.63, 3.8) is 0 Å². The second-order valence-electron chi connectivity index (χ2n) is 4.75. The summed E-state index contributed by atoms with van der Waals surface area (Å²) in [5.41, 5.74) is -2.71. The molecule has 21 heavy (non-hydrogen) atoms. The summed E-state index contributed by atoms with van der Waals surface area (Å²) < 4.78 is 64.9. The SMILES string of the molecule is O=C(NS(=O)(=O)c1ccccc1)C1(C(F)(F)F)CCNC1. The van der Waals surface area contributed by atoms with Crippen LogP contribution in [-0.4, -0.2) is 33.6 Å². The smallest absolute Gasteiger partial charge is 0.315 e. The summed E-state index contributed by atoms with van der Waals surface area (Å²) in [7, 11) is -4.32. The number of alkyl halides is 3. The van der Waals surface area contributed by atoms with Gasteiger partial charge in [-0.2, -0.15) is 13.2 Å². The quantitative estimate of drug-likeness (QED) is 0.872. The molecule has 1 amide bonds. The molecule has 1 aromatic carbocycles. The van der Waals surface area contributed by atoms with E-state index in [0.717, 1.165) is 0 Å². The van der Waals surface area contributed by atoms with E-state index in [-0.39, 0.29) is 11.4 Å². The molecule has 116 valence electrons. The standard InChI is InChI=1S/C12H13F3N2O3S/c13-12(14,15)11(6-7-16-8-11)10(18)17-21(19,20)9-4-2-1-3-5-9/h1-5,16H,6-8H2,(H,17,18). The molecule has 0 aromatic heterocycles. The number of halogens is 3. The number of hydrogen-bond donors (Lipinski definition) is 2. The molecule has 1 fully saturated rings. The van der Waals surface area contributed by atoms with Gasteiger partial charge in [-0.25, -0.2) is 13.1 Å². The van der Waals surface area contributed by atoms with Gasteiger partial charge in [0.25, 0.3) is 10.0 Å². The van der Waals surface area contributed by atoms with E-state index in [2.05, 4.69) is 5.32 Å². The highest BCUT2D eigenvalue weighted by atomic mass is 32.2. The van der Waals surface area contributed by atoms with E-state index in [1.165, 1.54) is 29.0 Å². The molecule has 1 aliphatic heterocycles. The van der Waals surface area contributed by atoms with Crippen molar-refractivity contribution in [2.75, 3.05) is 13.1 Å². The second kappa shape index (κ2) is 5.30. The number of rotatable bonds is 3. The van der Waals surface area contributed by atoms with E-state index in [1.807, 2.05) is 0 Å². The number of sulfonamides is 1. The van der Waals surface area contributed by atoms with Crippen LogP contribution < -0.4 is 10.0 Å². The molecule has 5 nitrogen and oxygen atoms in total. The van der Waals surface area contributed by atoms with E-state index >= 15 is 0 Å². The van der Waals surface area contributed by atoms with Crippen molar-refractivity contribution in [1.82, 2.24) is 10.0 Å². The minimum Gasteiger partial charge on any atom is -0.315 e. The number of nitrogens with one attached hydrogen (secondary N) is 2. The maximum atomic E-state index is 13.1. The van der Waals surface area contributed by atoms with Crippen LogP contribution in [0.4, 0.5) is 13.2 Å². The molecule has 0 aliphatic carbocycles. The summed E-state index contributed by atoms with van der Waals surface area (Å²) >= 11 is 0. The predicted molar refractivity (Wildman–Crippen MR) is 67.7 cm³/mol. The lowest BCUT2D eigenvalue weighted by atomic mass is 9.85. The maximum absolute atomic E-state index is 13.1. The van der Waals surface area contributed by atoms with Crippen LogP contribution in [-0.2, 0) is 14.8 Å². The van der Waals surface area contributed by atoms with Crippen molar-refractivity contribution in [2.24, 2.45) is 5.41 Å². The molecule has 9 heteroatoms. The van der Waals surface area contributed by atoms with Gasteiger partial charge in [-0.3, -0.25) is 4.79 Å². The Hall–Kier alpha value is -1.61. The van der Waals surface area contributed by atoms with Gasteiger partial charge in [-0.05, 0) is 25.1 Å². The molecule has 1 unspecified atom stereocenters. The Morgan fingerprint density at radius 3 is 2.33 bits per heavy atom. The first-order valence-corrected chi connectivity index (χ1v) is 7.57. The molecule has 0 spiro atoms. The highest BCUT2D eigenvalue weighted by Gasteiger charge is 2.62. The Labute approximate surface area is 119 Å². The van der Waals surface area contributed by atoms with Crippen molar-refractivity contribution in [1.29, 1.82) is 0 Å². The van der Waals surface area contributed by atoms with Crippen LogP contribution in [0, 0.1) is 5.41 Å². The first kappa shape index (κ1) is 15.8. The largest absolute Gasteiger partial charge is 0.404 e. The predicted octanol–water partition coefficient (Wildman–Crippen LogP) is 1.03. The van der Waals surface area contributed by atoms with Gasteiger partial charge in [-0.15, -0.1) is 0 Å². The number of benzene rings is 1. The van der Waals surface area contributed by atoms with Crippen molar-refractivity contribution < 1.29 is 26.4 Å². The van der Waals surface area contributed by atoms with Crippen LogP contribution in [0.3, 0.4) is 0 Å². The summed E-state index contributed by atoms with van der Waals surface area (Å²) in [6, 6.07) is 6.77. The Morgan fingerprint density at radius 1 is 1.24 bits per heavy atom. The molecule has 1 atom stereocenters. The molecular weight excluding hydrogens is 309 g/mol. The van der Waals surface area contributed by atoms with E-state index in [9.17, 15) is 26.4 Å². The Morgan fingerprint density at radius 2 is 1.86 bits per heavy atom. The van der Waals surface area contributed by atoms with Crippen LogP contribution in [0.1, 0.15) is 6.42 Å². The Bertz CT molecular complexity index is 623. The van der Waals surface area contributed by atoms with Gasteiger partial charge in [-0.1, -0.05) is 18.2 Å². The van der Waals surface area contributed by atoms with E-state index in [1.54, 1.807) is 6.07 Å². The second-order valence-corrected chi connectivity index (χ2v) is 6.44. The van der Waals surface area contributed by atoms with Gasteiger partial charge in [0.05, 0.1) is 4.90 Å². The van der Waals surface area contributed by atoms with Crippen LogP contribution in [0.5, 0.6) is 0 Å². The fourth-order valence-electron chi connectivity index (χ4n) is 2.13. The van der Waals surface area contributed by atoms with Gasteiger partial charge >= 0.3 is 6.18 Å². The molecule has 2 N–H and O–H groups in total. The van der Waals surface area contributed by atoms with Crippen LogP contribution in [0.15, 0.2) is 35.2 Å². The Balaban J connectivity index is 2.29. The fourth-order valence-corrected chi connectivity index (χ4v) is 3.21. The molecule has 2 rings (SSSR count). The van der Waals surface area contributed by atoms with E-state index in [0.29, 0.717) is 0 Å². The average molecular weight is 322 g/mol. The molecule has 1 aliphatic rings. The lowest BCUT2D eigenvalue weighted by molar-refractivity contribution is -0.215. The monoisotopic (exact) mass is 322 g/mol. The van der Waals surface area contributed by atoms with Gasteiger partial charge < -0.3 is 5.32 Å². The van der Waals surface area contributed by atoms with E-state index in [4.69, 9.17) is 0 Å². The number of amides is 1. The third-order valence-electron chi connectivity index (χ3n) is 3.41. The lowest BCUT2D eigenvalue weighted by Crippen LogP contribution is -2.53. The third-order valence-corrected chi connectivity index (χ3v) is 4.76. The Kier molecular flexibility index (Phi) is 3.98. The summed E-state index contributed by atoms with van der Waals surface area (Å²) in [5.74, 6) is -1.55. The van der Waals surface area contributed by atoms with Crippen molar-refractivity contribution in [3.05, 3.63) is 30.3 Å². The highest BCUT2D eigenvalue weighted by Crippen LogP contribution is 2.43. The summed E-state index contributed by atoms with van der Waals surface area (Å²) in [5, 5.41) is 2.45. The third kappa shape index (κ3) is 2.88. The normalized spacial score (nSPS) is 23.0. The molecule has 1 saturated heterocycles. The molecule has 0 bridgehead atoms. The summed E-state index contributed by atoms with van der Waals surface area (Å²) in [6.45, 7) is -0.634. The van der Waals surface area contributed by atoms with Gasteiger partial charge in [0.15, 0.2) is 5.41 Å². The molecule has 0 saturated carbocycles. The van der Waals surface area contributed by atoms with Crippen LogP contribution in [0.25, 0.3) is 0 Å². The zero-order valence-electron chi connectivity index (χ0n) is 10.8. The van der Waals surface area contributed by atoms with Crippen LogP contribution >= 0.6 is 0 Å². The average Bonchev–Trinajstić information content (AvgIpc) is 2.89. The lowest BCUT2D eigenvalue weighted by Gasteiger charge is -2.29. The molecule has 0 radical (unpaired) electrons. The van der Waals surface area contributed by atoms with Gasteiger partial charge in [0.1, 0.15) is 0 Å². The number of carbonyl (C=O) groups excluding carboxylic acids is 1. The number of hydrogen-bond acceptors (Lipinski definition) is 4. The minimum absolute atomic E-state index is 0.00167. The topological polar surface area (TPSA) is 75.3 Å². The summed E-state index contributed by atoms with van der Waals surface area (Å²) in [4.78, 5) is 11.7. The zero-order chi connectivity index (χ0) is 15.7. The van der Waals surface area contributed by atoms with Crippen molar-refractivity contribution in [3.8, 4) is 0 Å². The summed E-state index contributed by atoms with van der Waals surface area (Å²) in [6.07, 6.45) is -5.32. The van der Waals surface area contributed by atoms with Gasteiger partial charge in [0.2, 0.25) is 5.91 Å². The maximum Gasteiger partial charge on any atom is 0.404 e. The van der Waals surface area contributed by atoms with Crippen molar-refractivity contribution >= 4 is 15.9 Å². The zero-order valence-corrected chi connectivity index (χ0v) is 11.6. The molecule has 1 heterocycles. The van der Waals surface area contributed by atoms with Crippen molar-refractivity contribution in [2.45, 2.75) is 17.5 Å².